The van der Waals surface area contributed by atoms with E-state index in [1.54, 1.807) is 0 Å². The molecule has 0 fully saturated rings. The molecule has 1 atom stereocenters. The van der Waals surface area contributed by atoms with Crippen molar-refractivity contribution < 1.29 is 9.59 Å². The normalized spacial score (nSPS) is 11.6. The van der Waals surface area contributed by atoms with Gasteiger partial charge in [0.1, 0.15) is 0 Å². The van der Waals surface area contributed by atoms with Crippen LogP contribution in [0.25, 0.3) is 0 Å². The van der Waals surface area contributed by atoms with Crippen molar-refractivity contribution in [1.82, 2.24) is 16.0 Å². The Morgan fingerprint density at radius 3 is 2.12 bits per heavy atom. The Hall–Kier alpha value is -2.66. The molecule has 5 heteroatoms. The molecule has 3 N–H and O–H groups in total. The Kier molecular flexibility index (Phi) is 7.16. The Bertz CT molecular complexity index is 684. The Morgan fingerprint density at radius 1 is 0.880 bits per heavy atom. The van der Waals surface area contributed by atoms with E-state index < -0.39 is 0 Å². The van der Waals surface area contributed by atoms with E-state index in [-0.39, 0.29) is 24.4 Å². The molecule has 2 aromatic carbocycles. The zero-order valence-electron chi connectivity index (χ0n) is 14.7. The molecule has 0 bridgehead atoms. The van der Waals surface area contributed by atoms with Crippen LogP contribution in [0, 0.1) is 6.92 Å². The lowest BCUT2D eigenvalue weighted by Gasteiger charge is -2.20. The van der Waals surface area contributed by atoms with Gasteiger partial charge in [-0.05, 0) is 18.1 Å². The van der Waals surface area contributed by atoms with Gasteiger partial charge in [-0.25, -0.2) is 0 Å². The minimum atomic E-state index is -0.101. The molecule has 0 saturated heterocycles. The molecule has 0 aromatic heterocycles. The maximum Gasteiger partial charge on any atom is 0.234 e. The van der Waals surface area contributed by atoms with Crippen LogP contribution in [-0.4, -0.2) is 31.4 Å². The third-order valence-corrected chi connectivity index (χ3v) is 3.83. The van der Waals surface area contributed by atoms with E-state index in [0.717, 1.165) is 11.1 Å². The fraction of sp³-hybridized carbons (Fsp3) is 0.300. The highest BCUT2D eigenvalue weighted by Gasteiger charge is 2.14. The molecule has 0 radical (unpaired) electrons. The van der Waals surface area contributed by atoms with Crippen molar-refractivity contribution in [2.24, 2.45) is 0 Å². The van der Waals surface area contributed by atoms with Gasteiger partial charge in [0, 0.05) is 20.0 Å². The number of hydrogen-bond acceptors (Lipinski definition) is 3. The number of carbonyl (C=O) groups is 2. The maximum atomic E-state index is 12.0. The van der Waals surface area contributed by atoms with Crippen molar-refractivity contribution in [3.8, 4) is 0 Å². The summed E-state index contributed by atoms with van der Waals surface area (Å²) in [5.41, 5.74) is 3.42. The average molecular weight is 339 g/mol. The minimum absolute atomic E-state index is 0.0529. The van der Waals surface area contributed by atoms with Crippen molar-refractivity contribution in [3.05, 3.63) is 71.3 Å². The molecule has 1 unspecified atom stereocenters. The predicted molar refractivity (Wildman–Crippen MR) is 99.2 cm³/mol. The molecular formula is C20H25N3O2. The summed E-state index contributed by atoms with van der Waals surface area (Å²) in [5, 5.41) is 8.76. The van der Waals surface area contributed by atoms with Crippen LogP contribution in [0.2, 0.25) is 0 Å². The van der Waals surface area contributed by atoms with Gasteiger partial charge in [-0.1, -0.05) is 60.2 Å². The first-order chi connectivity index (χ1) is 12.1. The van der Waals surface area contributed by atoms with Crippen LogP contribution in [-0.2, 0) is 9.59 Å². The van der Waals surface area contributed by atoms with E-state index in [9.17, 15) is 9.59 Å². The topological polar surface area (TPSA) is 70.2 Å². The van der Waals surface area contributed by atoms with Crippen LogP contribution in [0.3, 0.4) is 0 Å². The third kappa shape index (κ3) is 6.39. The van der Waals surface area contributed by atoms with E-state index in [1.165, 1.54) is 12.5 Å². The van der Waals surface area contributed by atoms with E-state index in [0.29, 0.717) is 13.1 Å². The highest BCUT2D eigenvalue weighted by Crippen LogP contribution is 2.22. The van der Waals surface area contributed by atoms with Crippen LogP contribution in [0.15, 0.2) is 54.6 Å². The highest BCUT2D eigenvalue weighted by molar-refractivity contribution is 5.78. The van der Waals surface area contributed by atoms with Gasteiger partial charge >= 0.3 is 0 Å². The average Bonchev–Trinajstić information content (AvgIpc) is 2.61. The molecule has 0 heterocycles. The predicted octanol–water partition coefficient (Wildman–Crippen LogP) is 1.93. The first-order valence-corrected chi connectivity index (χ1v) is 8.42. The molecule has 5 nitrogen and oxygen atoms in total. The molecule has 25 heavy (non-hydrogen) atoms. The molecular weight excluding hydrogens is 314 g/mol. The van der Waals surface area contributed by atoms with Crippen LogP contribution in [0.1, 0.15) is 29.7 Å². The Balaban J connectivity index is 1.96. The van der Waals surface area contributed by atoms with Crippen molar-refractivity contribution in [2.75, 3.05) is 19.6 Å². The van der Waals surface area contributed by atoms with Gasteiger partial charge in [0.2, 0.25) is 11.8 Å². The summed E-state index contributed by atoms with van der Waals surface area (Å²) in [6.07, 6.45) is 0. The number of amides is 2. The highest BCUT2D eigenvalue weighted by atomic mass is 16.2. The zero-order valence-corrected chi connectivity index (χ0v) is 14.7. The van der Waals surface area contributed by atoms with Gasteiger partial charge in [-0.15, -0.1) is 0 Å². The molecule has 0 spiro atoms. The number of aryl methyl sites for hydroxylation is 1. The van der Waals surface area contributed by atoms with Crippen molar-refractivity contribution >= 4 is 11.8 Å². The molecule has 0 saturated carbocycles. The van der Waals surface area contributed by atoms with E-state index in [1.807, 2.05) is 30.3 Å². The lowest BCUT2D eigenvalue weighted by molar-refractivity contribution is -0.121. The fourth-order valence-corrected chi connectivity index (χ4v) is 2.53. The van der Waals surface area contributed by atoms with Crippen LogP contribution in [0.5, 0.6) is 0 Å². The van der Waals surface area contributed by atoms with E-state index >= 15 is 0 Å². The second-order valence-corrected chi connectivity index (χ2v) is 5.97. The first-order valence-electron chi connectivity index (χ1n) is 8.42. The van der Waals surface area contributed by atoms with Crippen molar-refractivity contribution in [3.63, 3.8) is 0 Å². The number of nitrogens with one attached hydrogen (secondary N) is 3. The molecule has 0 aliphatic heterocycles. The monoisotopic (exact) mass is 339 g/mol. The standard InChI is InChI=1S/C20H25N3O2/c1-15-8-10-18(11-9-15)20(17-6-4-3-5-7-17)23-14-19(25)22-13-12-21-16(2)24/h3-11,20,23H,12-14H2,1-2H3,(H,21,24)(H,22,25). The van der Waals surface area contributed by atoms with Gasteiger partial charge in [0.25, 0.3) is 0 Å². The molecule has 2 aromatic rings. The van der Waals surface area contributed by atoms with E-state index in [2.05, 4.69) is 47.1 Å². The summed E-state index contributed by atoms with van der Waals surface area (Å²) in [7, 11) is 0. The smallest absolute Gasteiger partial charge is 0.234 e. The Morgan fingerprint density at radius 2 is 1.48 bits per heavy atom. The minimum Gasteiger partial charge on any atom is -0.355 e. The Labute approximate surface area is 148 Å². The fourth-order valence-electron chi connectivity index (χ4n) is 2.53. The van der Waals surface area contributed by atoms with Crippen LogP contribution in [0.4, 0.5) is 0 Å². The van der Waals surface area contributed by atoms with Gasteiger partial charge < -0.3 is 10.6 Å². The molecule has 132 valence electrons. The molecule has 2 rings (SSSR count). The first kappa shape index (κ1) is 18.7. The quantitative estimate of drug-likeness (QED) is 0.644. The molecule has 0 aliphatic carbocycles. The zero-order chi connectivity index (χ0) is 18.1. The second kappa shape index (κ2) is 9.59. The summed E-state index contributed by atoms with van der Waals surface area (Å²) in [6, 6.07) is 18.3. The van der Waals surface area contributed by atoms with Crippen molar-refractivity contribution in [2.45, 2.75) is 19.9 Å². The lowest BCUT2D eigenvalue weighted by atomic mass is 9.98. The van der Waals surface area contributed by atoms with E-state index in [4.69, 9.17) is 0 Å². The van der Waals surface area contributed by atoms with Gasteiger partial charge in [-0.3, -0.25) is 14.9 Å². The van der Waals surface area contributed by atoms with Crippen molar-refractivity contribution in [1.29, 1.82) is 0 Å². The third-order valence-electron chi connectivity index (χ3n) is 3.83. The maximum absolute atomic E-state index is 12.0. The molecule has 0 aliphatic rings. The second-order valence-electron chi connectivity index (χ2n) is 5.97. The van der Waals surface area contributed by atoms with Gasteiger partial charge in [-0.2, -0.15) is 0 Å². The largest absolute Gasteiger partial charge is 0.355 e. The van der Waals surface area contributed by atoms with Gasteiger partial charge in [0.05, 0.1) is 12.6 Å². The van der Waals surface area contributed by atoms with Gasteiger partial charge in [0.15, 0.2) is 0 Å². The summed E-state index contributed by atoms with van der Waals surface area (Å²) in [5.74, 6) is -0.200. The summed E-state index contributed by atoms with van der Waals surface area (Å²) in [4.78, 5) is 22.8. The van der Waals surface area contributed by atoms with Crippen LogP contribution < -0.4 is 16.0 Å². The number of benzene rings is 2. The SMILES string of the molecule is CC(=O)NCCNC(=O)CNC(c1ccccc1)c1ccc(C)cc1. The summed E-state index contributed by atoms with van der Waals surface area (Å²) >= 11 is 0. The number of carbonyl (C=O) groups excluding carboxylic acids is 2. The summed E-state index contributed by atoms with van der Waals surface area (Å²) in [6.45, 7) is 4.56. The molecule has 2 amide bonds. The van der Waals surface area contributed by atoms with Crippen LogP contribution >= 0.6 is 0 Å². The number of rotatable bonds is 8. The number of hydrogen-bond donors (Lipinski definition) is 3. The lowest BCUT2D eigenvalue weighted by Crippen LogP contribution is -2.39. The summed E-state index contributed by atoms with van der Waals surface area (Å²) < 4.78 is 0.